The molecule has 1 unspecified atom stereocenters. The van der Waals surface area contributed by atoms with Crippen molar-refractivity contribution < 1.29 is 14.4 Å². The maximum absolute atomic E-state index is 10.4. The second-order valence-electron chi connectivity index (χ2n) is 4.62. The van der Waals surface area contributed by atoms with E-state index in [-0.39, 0.29) is 6.42 Å². The van der Waals surface area contributed by atoms with Crippen LogP contribution in [0.5, 0.6) is 0 Å². The van der Waals surface area contributed by atoms with Gasteiger partial charge in [0.25, 0.3) is 0 Å². The molecule has 1 N–H and O–H groups in total. The van der Waals surface area contributed by atoms with Crippen molar-refractivity contribution >= 4 is 5.97 Å². The van der Waals surface area contributed by atoms with Gasteiger partial charge in [-0.3, -0.25) is 4.79 Å². The van der Waals surface area contributed by atoms with Gasteiger partial charge in [-0.15, -0.1) is 0 Å². The fourth-order valence-corrected chi connectivity index (χ4v) is 2.14. The van der Waals surface area contributed by atoms with E-state index >= 15 is 0 Å². The molecule has 2 heterocycles. The molecular formula is C11H17N3O3. The highest BCUT2D eigenvalue weighted by Crippen LogP contribution is 2.18. The monoisotopic (exact) mass is 239 g/mol. The first-order valence-corrected chi connectivity index (χ1v) is 5.85. The van der Waals surface area contributed by atoms with Crippen LogP contribution >= 0.6 is 0 Å². The molecule has 1 fully saturated rings. The second-order valence-corrected chi connectivity index (χ2v) is 4.62. The van der Waals surface area contributed by atoms with Crippen LogP contribution in [0.2, 0.25) is 0 Å². The van der Waals surface area contributed by atoms with Gasteiger partial charge in [-0.2, -0.15) is 4.98 Å². The second kappa shape index (κ2) is 5.27. The highest BCUT2D eigenvalue weighted by Gasteiger charge is 2.21. The summed E-state index contributed by atoms with van der Waals surface area (Å²) in [5.74, 6) is 0.867. The Kier molecular flexibility index (Phi) is 3.73. The lowest BCUT2D eigenvalue weighted by Crippen LogP contribution is -2.15. The topological polar surface area (TPSA) is 79.5 Å². The SMILES string of the molecule is CN1CCC(Cc2noc(CCC(=O)O)n2)C1. The molecule has 0 saturated carbocycles. The smallest absolute Gasteiger partial charge is 0.303 e. The molecule has 0 aliphatic carbocycles. The highest BCUT2D eigenvalue weighted by atomic mass is 16.5. The van der Waals surface area contributed by atoms with Gasteiger partial charge in [0.1, 0.15) is 0 Å². The molecule has 1 saturated heterocycles. The Balaban J connectivity index is 1.83. The number of aliphatic carboxylic acids is 1. The summed E-state index contributed by atoms with van der Waals surface area (Å²) >= 11 is 0. The fourth-order valence-electron chi connectivity index (χ4n) is 2.14. The Labute approximate surface area is 99.6 Å². The largest absolute Gasteiger partial charge is 0.481 e. The molecule has 6 heteroatoms. The third-order valence-electron chi connectivity index (χ3n) is 3.02. The molecule has 0 bridgehead atoms. The lowest BCUT2D eigenvalue weighted by atomic mass is 10.1. The van der Waals surface area contributed by atoms with Crippen molar-refractivity contribution in [3.8, 4) is 0 Å². The van der Waals surface area contributed by atoms with E-state index in [1.807, 2.05) is 0 Å². The van der Waals surface area contributed by atoms with Crippen molar-refractivity contribution in [2.75, 3.05) is 20.1 Å². The van der Waals surface area contributed by atoms with Gasteiger partial charge in [0.2, 0.25) is 5.89 Å². The van der Waals surface area contributed by atoms with Crippen LogP contribution in [-0.4, -0.2) is 46.3 Å². The number of aryl methyl sites for hydroxylation is 1. The van der Waals surface area contributed by atoms with Crippen LogP contribution in [0.25, 0.3) is 0 Å². The average Bonchev–Trinajstić information content (AvgIpc) is 2.86. The summed E-state index contributed by atoms with van der Waals surface area (Å²) in [6.07, 6.45) is 2.33. The third kappa shape index (κ3) is 3.52. The van der Waals surface area contributed by atoms with Gasteiger partial charge in [0, 0.05) is 19.4 Å². The number of aromatic nitrogens is 2. The predicted molar refractivity (Wildman–Crippen MR) is 59.6 cm³/mol. The first kappa shape index (κ1) is 12.0. The van der Waals surface area contributed by atoms with E-state index in [4.69, 9.17) is 9.63 Å². The Morgan fingerprint density at radius 1 is 1.65 bits per heavy atom. The lowest BCUT2D eigenvalue weighted by molar-refractivity contribution is -0.137. The Morgan fingerprint density at radius 3 is 3.12 bits per heavy atom. The number of carboxylic acids is 1. The van der Waals surface area contributed by atoms with Gasteiger partial charge in [0.05, 0.1) is 6.42 Å². The van der Waals surface area contributed by atoms with E-state index in [1.54, 1.807) is 0 Å². The number of carbonyl (C=O) groups is 1. The van der Waals surface area contributed by atoms with Crippen LogP contribution in [-0.2, 0) is 17.6 Å². The van der Waals surface area contributed by atoms with Crippen LogP contribution in [0.15, 0.2) is 4.52 Å². The number of rotatable bonds is 5. The third-order valence-corrected chi connectivity index (χ3v) is 3.02. The van der Waals surface area contributed by atoms with Crippen LogP contribution < -0.4 is 0 Å². The van der Waals surface area contributed by atoms with Crippen molar-refractivity contribution in [3.63, 3.8) is 0 Å². The number of nitrogens with zero attached hydrogens (tertiary/aromatic N) is 3. The zero-order valence-corrected chi connectivity index (χ0v) is 9.93. The van der Waals surface area contributed by atoms with Gasteiger partial charge >= 0.3 is 5.97 Å². The van der Waals surface area contributed by atoms with Gasteiger partial charge < -0.3 is 14.5 Å². The summed E-state index contributed by atoms with van der Waals surface area (Å²) in [5, 5.41) is 12.4. The van der Waals surface area contributed by atoms with Crippen molar-refractivity contribution in [1.82, 2.24) is 15.0 Å². The number of hydrogen-bond acceptors (Lipinski definition) is 5. The van der Waals surface area contributed by atoms with E-state index in [1.165, 1.54) is 0 Å². The summed E-state index contributed by atoms with van der Waals surface area (Å²) in [7, 11) is 2.11. The number of likely N-dealkylation sites (tertiary alicyclic amines) is 1. The molecule has 6 nitrogen and oxygen atoms in total. The van der Waals surface area contributed by atoms with E-state index < -0.39 is 5.97 Å². The normalized spacial score (nSPS) is 20.9. The lowest BCUT2D eigenvalue weighted by Gasteiger charge is -2.06. The van der Waals surface area contributed by atoms with E-state index in [0.29, 0.717) is 24.1 Å². The summed E-state index contributed by atoms with van der Waals surface area (Å²) in [5.41, 5.74) is 0. The molecule has 0 radical (unpaired) electrons. The zero-order chi connectivity index (χ0) is 12.3. The molecule has 0 amide bonds. The maximum Gasteiger partial charge on any atom is 0.303 e. The number of hydrogen-bond donors (Lipinski definition) is 1. The predicted octanol–water partition coefficient (Wildman–Crippen LogP) is 0.581. The van der Waals surface area contributed by atoms with Gasteiger partial charge in [0.15, 0.2) is 5.82 Å². The maximum atomic E-state index is 10.4. The summed E-state index contributed by atoms with van der Waals surface area (Å²) in [6.45, 7) is 2.19. The van der Waals surface area contributed by atoms with Crippen molar-refractivity contribution in [1.29, 1.82) is 0 Å². The average molecular weight is 239 g/mol. The molecule has 94 valence electrons. The van der Waals surface area contributed by atoms with Crippen LogP contribution in [0, 0.1) is 5.92 Å². The van der Waals surface area contributed by atoms with Crippen LogP contribution in [0.1, 0.15) is 24.6 Å². The quantitative estimate of drug-likeness (QED) is 0.809. The van der Waals surface area contributed by atoms with Crippen molar-refractivity contribution in [2.24, 2.45) is 5.92 Å². The molecule has 2 rings (SSSR count). The first-order chi connectivity index (χ1) is 8.13. The molecule has 1 aliphatic heterocycles. The minimum absolute atomic E-state index is 0.0355. The highest BCUT2D eigenvalue weighted by molar-refractivity contribution is 5.66. The number of carboxylic acid groups (broad SMARTS) is 1. The van der Waals surface area contributed by atoms with Crippen molar-refractivity contribution in [3.05, 3.63) is 11.7 Å². The van der Waals surface area contributed by atoms with Crippen LogP contribution in [0.4, 0.5) is 0 Å². The first-order valence-electron chi connectivity index (χ1n) is 5.85. The molecule has 0 aromatic carbocycles. The van der Waals surface area contributed by atoms with Crippen LogP contribution in [0.3, 0.4) is 0 Å². The molecule has 0 spiro atoms. The van der Waals surface area contributed by atoms with Gasteiger partial charge in [-0.25, -0.2) is 0 Å². The Morgan fingerprint density at radius 2 is 2.47 bits per heavy atom. The van der Waals surface area contributed by atoms with Gasteiger partial charge in [-0.1, -0.05) is 5.16 Å². The Hall–Kier alpha value is -1.43. The van der Waals surface area contributed by atoms with Crippen molar-refractivity contribution in [2.45, 2.75) is 25.7 Å². The van der Waals surface area contributed by atoms with E-state index in [0.717, 1.165) is 25.9 Å². The molecule has 1 aliphatic rings. The minimum Gasteiger partial charge on any atom is -0.481 e. The molecule has 1 atom stereocenters. The summed E-state index contributed by atoms with van der Waals surface area (Å²) in [6, 6.07) is 0. The molecule has 1 aromatic heterocycles. The van der Waals surface area contributed by atoms with E-state index in [2.05, 4.69) is 22.1 Å². The van der Waals surface area contributed by atoms with E-state index in [9.17, 15) is 4.79 Å². The summed E-state index contributed by atoms with van der Waals surface area (Å²) < 4.78 is 5.01. The molecule has 1 aromatic rings. The zero-order valence-electron chi connectivity index (χ0n) is 9.93. The summed E-state index contributed by atoms with van der Waals surface area (Å²) in [4.78, 5) is 16.9. The Bertz CT molecular complexity index is 391. The molecular weight excluding hydrogens is 222 g/mol. The minimum atomic E-state index is -0.845. The molecule has 17 heavy (non-hydrogen) atoms. The standard InChI is InChI=1S/C11H17N3O3/c1-14-5-4-8(7-14)6-9-12-10(17-13-9)2-3-11(15)16/h8H,2-7H2,1H3,(H,15,16). The van der Waals surface area contributed by atoms with Gasteiger partial charge in [-0.05, 0) is 25.9 Å². The fraction of sp³-hybridized carbons (Fsp3) is 0.727.